The van der Waals surface area contributed by atoms with Crippen molar-refractivity contribution in [3.63, 3.8) is 0 Å². The average Bonchev–Trinajstić information content (AvgIpc) is 2.25. The lowest BCUT2D eigenvalue weighted by atomic mass is 9.72. The van der Waals surface area contributed by atoms with Gasteiger partial charge in [0.05, 0.1) is 0 Å². The van der Waals surface area contributed by atoms with Gasteiger partial charge in [-0.1, -0.05) is 13.3 Å². The second-order valence-corrected chi connectivity index (χ2v) is 5.15. The minimum Gasteiger partial charge on any atom is -0.396 e. The molecule has 1 fully saturated rings. The fraction of sp³-hybridized carbons (Fsp3) is 1.00. The normalized spacial score (nSPS) is 31.8. The molecule has 90 valence electrons. The Hall–Kier alpha value is -0.0800. The van der Waals surface area contributed by atoms with Gasteiger partial charge in [0.2, 0.25) is 0 Å². The molecule has 0 amide bonds. The molecule has 3 atom stereocenters. The van der Waals surface area contributed by atoms with Crippen molar-refractivity contribution in [2.75, 3.05) is 13.2 Å². The number of hydrogen-bond donors (Lipinski definition) is 2. The molecule has 1 aliphatic rings. The summed E-state index contributed by atoms with van der Waals surface area (Å²) >= 11 is 0. The summed E-state index contributed by atoms with van der Waals surface area (Å²) in [6.45, 7) is 3.04. The first kappa shape index (κ1) is 13.0. The maximum atomic E-state index is 8.82. The van der Waals surface area contributed by atoms with E-state index in [9.17, 15) is 0 Å². The van der Waals surface area contributed by atoms with E-state index in [0.29, 0.717) is 13.2 Å². The van der Waals surface area contributed by atoms with E-state index in [1.807, 2.05) is 0 Å². The first-order chi connectivity index (χ1) is 7.27. The van der Waals surface area contributed by atoms with Gasteiger partial charge in [-0.15, -0.1) is 0 Å². The van der Waals surface area contributed by atoms with Crippen molar-refractivity contribution in [1.29, 1.82) is 0 Å². The lowest BCUT2D eigenvalue weighted by Crippen LogP contribution is -2.23. The highest BCUT2D eigenvalue weighted by Gasteiger charge is 2.26. The molecule has 2 heteroatoms. The molecule has 0 radical (unpaired) electrons. The molecule has 0 aromatic carbocycles. The summed E-state index contributed by atoms with van der Waals surface area (Å²) in [6, 6.07) is 0. The molecule has 0 spiro atoms. The van der Waals surface area contributed by atoms with E-state index in [-0.39, 0.29) is 0 Å². The van der Waals surface area contributed by atoms with Gasteiger partial charge in [-0.2, -0.15) is 0 Å². The van der Waals surface area contributed by atoms with E-state index in [2.05, 4.69) is 6.92 Å². The zero-order chi connectivity index (χ0) is 11.1. The van der Waals surface area contributed by atoms with Crippen LogP contribution in [0.2, 0.25) is 0 Å². The van der Waals surface area contributed by atoms with E-state index in [0.717, 1.165) is 30.6 Å². The Balaban J connectivity index is 2.21. The second kappa shape index (κ2) is 7.24. The largest absolute Gasteiger partial charge is 0.396 e. The van der Waals surface area contributed by atoms with Gasteiger partial charge < -0.3 is 10.2 Å². The molecule has 0 heterocycles. The van der Waals surface area contributed by atoms with E-state index in [4.69, 9.17) is 10.2 Å². The van der Waals surface area contributed by atoms with E-state index in [1.165, 1.54) is 32.1 Å². The van der Waals surface area contributed by atoms with Crippen LogP contribution in [0, 0.1) is 17.8 Å². The van der Waals surface area contributed by atoms with E-state index >= 15 is 0 Å². The SMILES string of the molecule is CC1CC(CCCO)CCC1CCCO. The molecule has 15 heavy (non-hydrogen) atoms. The molecule has 3 unspecified atom stereocenters. The van der Waals surface area contributed by atoms with Crippen LogP contribution in [0.4, 0.5) is 0 Å². The average molecular weight is 214 g/mol. The predicted octanol–water partition coefficient (Wildman–Crippen LogP) is 2.58. The van der Waals surface area contributed by atoms with Gasteiger partial charge in [0.25, 0.3) is 0 Å². The highest BCUT2D eigenvalue weighted by molar-refractivity contribution is 4.77. The second-order valence-electron chi connectivity index (χ2n) is 5.15. The third-order valence-electron chi connectivity index (χ3n) is 3.96. The number of aliphatic hydroxyl groups excluding tert-OH is 2. The van der Waals surface area contributed by atoms with Crippen molar-refractivity contribution in [3.05, 3.63) is 0 Å². The molecular formula is C13H26O2. The van der Waals surface area contributed by atoms with E-state index in [1.54, 1.807) is 0 Å². The molecule has 0 aliphatic heterocycles. The molecule has 0 saturated heterocycles. The molecule has 0 bridgehead atoms. The van der Waals surface area contributed by atoms with Gasteiger partial charge in [-0.3, -0.25) is 0 Å². The minimum absolute atomic E-state index is 0.344. The van der Waals surface area contributed by atoms with E-state index < -0.39 is 0 Å². The molecular weight excluding hydrogens is 188 g/mol. The third kappa shape index (κ3) is 4.52. The maximum Gasteiger partial charge on any atom is 0.0431 e. The van der Waals surface area contributed by atoms with Crippen LogP contribution in [-0.4, -0.2) is 23.4 Å². The van der Waals surface area contributed by atoms with Crippen LogP contribution in [0.3, 0.4) is 0 Å². The Morgan fingerprint density at radius 2 is 1.67 bits per heavy atom. The topological polar surface area (TPSA) is 40.5 Å². The van der Waals surface area contributed by atoms with Crippen LogP contribution in [0.15, 0.2) is 0 Å². The van der Waals surface area contributed by atoms with Gasteiger partial charge in [0, 0.05) is 13.2 Å². The van der Waals surface area contributed by atoms with Crippen LogP contribution in [-0.2, 0) is 0 Å². The zero-order valence-corrected chi connectivity index (χ0v) is 9.99. The van der Waals surface area contributed by atoms with Crippen molar-refractivity contribution < 1.29 is 10.2 Å². The first-order valence-electron chi connectivity index (χ1n) is 6.49. The number of hydrogen-bond acceptors (Lipinski definition) is 2. The summed E-state index contributed by atoms with van der Waals surface area (Å²) in [7, 11) is 0. The Morgan fingerprint density at radius 3 is 2.27 bits per heavy atom. The molecule has 0 aromatic rings. The molecule has 1 aliphatic carbocycles. The summed E-state index contributed by atoms with van der Waals surface area (Å²) in [5, 5.41) is 17.6. The maximum absolute atomic E-state index is 8.82. The predicted molar refractivity (Wildman–Crippen MR) is 62.6 cm³/mol. The standard InChI is InChI=1S/C13H26O2/c1-11-10-12(4-2-8-14)6-7-13(11)5-3-9-15/h11-15H,2-10H2,1H3. The Labute approximate surface area is 93.7 Å². The van der Waals surface area contributed by atoms with Gasteiger partial charge in [0.15, 0.2) is 0 Å². The van der Waals surface area contributed by atoms with Crippen LogP contribution in [0.25, 0.3) is 0 Å². The fourth-order valence-corrected chi connectivity index (χ4v) is 2.99. The zero-order valence-electron chi connectivity index (χ0n) is 9.99. The highest BCUT2D eigenvalue weighted by atomic mass is 16.3. The number of aliphatic hydroxyl groups is 2. The van der Waals surface area contributed by atoms with Gasteiger partial charge in [0.1, 0.15) is 0 Å². The Bertz CT molecular complexity index is 159. The van der Waals surface area contributed by atoms with Gasteiger partial charge in [-0.05, 0) is 56.3 Å². The lowest BCUT2D eigenvalue weighted by Gasteiger charge is -2.34. The minimum atomic E-state index is 0.344. The lowest BCUT2D eigenvalue weighted by molar-refractivity contribution is 0.156. The van der Waals surface area contributed by atoms with Crippen LogP contribution < -0.4 is 0 Å². The summed E-state index contributed by atoms with van der Waals surface area (Å²) in [5.41, 5.74) is 0. The van der Waals surface area contributed by atoms with Crippen LogP contribution >= 0.6 is 0 Å². The number of rotatable bonds is 6. The fourth-order valence-electron chi connectivity index (χ4n) is 2.99. The molecule has 1 rings (SSSR count). The quantitative estimate of drug-likeness (QED) is 0.713. The summed E-state index contributed by atoms with van der Waals surface area (Å²) in [6.07, 6.45) is 8.33. The third-order valence-corrected chi connectivity index (χ3v) is 3.96. The van der Waals surface area contributed by atoms with Crippen molar-refractivity contribution in [2.24, 2.45) is 17.8 Å². The summed E-state index contributed by atoms with van der Waals surface area (Å²) < 4.78 is 0. The molecule has 2 N–H and O–H groups in total. The van der Waals surface area contributed by atoms with Crippen LogP contribution in [0.1, 0.15) is 51.9 Å². The van der Waals surface area contributed by atoms with Gasteiger partial charge >= 0.3 is 0 Å². The Kier molecular flexibility index (Phi) is 6.26. The molecule has 2 nitrogen and oxygen atoms in total. The Morgan fingerprint density at radius 1 is 1.00 bits per heavy atom. The molecule has 1 saturated carbocycles. The summed E-state index contributed by atoms with van der Waals surface area (Å²) in [4.78, 5) is 0. The molecule has 0 aromatic heterocycles. The summed E-state index contributed by atoms with van der Waals surface area (Å²) in [5.74, 6) is 2.49. The smallest absolute Gasteiger partial charge is 0.0431 e. The van der Waals surface area contributed by atoms with Crippen molar-refractivity contribution in [1.82, 2.24) is 0 Å². The monoisotopic (exact) mass is 214 g/mol. The first-order valence-corrected chi connectivity index (χ1v) is 6.49. The van der Waals surface area contributed by atoms with Crippen molar-refractivity contribution >= 4 is 0 Å². The highest BCUT2D eigenvalue weighted by Crippen LogP contribution is 2.37. The van der Waals surface area contributed by atoms with Crippen LogP contribution in [0.5, 0.6) is 0 Å². The van der Waals surface area contributed by atoms with Crippen molar-refractivity contribution in [3.8, 4) is 0 Å². The van der Waals surface area contributed by atoms with Gasteiger partial charge in [-0.25, -0.2) is 0 Å². The van der Waals surface area contributed by atoms with Crippen molar-refractivity contribution in [2.45, 2.75) is 51.9 Å².